The number of hydrogen-bond acceptors (Lipinski definition) is 3. The second-order valence-electron chi connectivity index (χ2n) is 2.42. The lowest BCUT2D eigenvalue weighted by Crippen LogP contribution is -2.54. The van der Waals surface area contributed by atoms with Crippen molar-refractivity contribution in [1.82, 2.24) is 5.32 Å². The van der Waals surface area contributed by atoms with E-state index in [1.165, 1.54) is 0 Å². The van der Waals surface area contributed by atoms with Crippen molar-refractivity contribution in [2.45, 2.75) is 18.6 Å². The first-order valence-corrected chi connectivity index (χ1v) is 3.10. The molecule has 0 spiro atoms. The molecule has 2 N–H and O–H groups in total. The highest BCUT2D eigenvalue weighted by Gasteiger charge is 2.38. The van der Waals surface area contributed by atoms with Gasteiger partial charge in [0.1, 0.15) is 6.29 Å². The fourth-order valence-electron chi connectivity index (χ4n) is 1.21. The van der Waals surface area contributed by atoms with Crippen molar-refractivity contribution in [1.29, 1.82) is 0 Å². The number of nitrogens with one attached hydrogen (secondary N) is 1. The summed E-state index contributed by atoms with van der Waals surface area (Å²) in [4.78, 5) is 10.2. The Balaban J connectivity index is 2.37. The molecule has 3 nitrogen and oxygen atoms in total. The Kier molecular flexibility index (Phi) is 1.83. The maximum absolute atomic E-state index is 10.2. The molecule has 1 rings (SSSR count). The number of likely N-dealkylation sites (N-methyl/N-ethyl adjacent to an activating group) is 1. The lowest BCUT2D eigenvalue weighted by molar-refractivity contribution is -0.119. The third kappa shape index (κ3) is 0.976. The van der Waals surface area contributed by atoms with Crippen molar-refractivity contribution < 1.29 is 9.90 Å². The van der Waals surface area contributed by atoms with Gasteiger partial charge in [-0.25, -0.2) is 0 Å². The Bertz CT molecular complexity index is 116. The zero-order chi connectivity index (χ0) is 6.85. The molecule has 52 valence electrons. The van der Waals surface area contributed by atoms with Gasteiger partial charge in [0.25, 0.3) is 0 Å². The summed E-state index contributed by atoms with van der Waals surface area (Å²) in [6, 6.07) is 0.00231. The highest BCUT2D eigenvalue weighted by molar-refractivity contribution is 5.57. The van der Waals surface area contributed by atoms with Gasteiger partial charge in [-0.1, -0.05) is 0 Å². The van der Waals surface area contributed by atoms with E-state index in [1.807, 2.05) is 0 Å². The van der Waals surface area contributed by atoms with Crippen molar-refractivity contribution in [3.63, 3.8) is 0 Å². The molecular weight excluding hydrogens is 118 g/mol. The van der Waals surface area contributed by atoms with Gasteiger partial charge in [-0.3, -0.25) is 0 Å². The smallest absolute Gasteiger partial charge is 0.124 e. The molecule has 1 fully saturated rings. The van der Waals surface area contributed by atoms with Crippen molar-refractivity contribution in [3.05, 3.63) is 0 Å². The molecule has 9 heavy (non-hydrogen) atoms. The average molecular weight is 129 g/mol. The van der Waals surface area contributed by atoms with Crippen molar-refractivity contribution in [3.8, 4) is 0 Å². The molecular formula is C6H11NO2. The van der Waals surface area contributed by atoms with E-state index >= 15 is 0 Å². The SMILES string of the molecule is CN[C@@H]1[C@H](O)C[C@@H]1C=O. The molecule has 1 saturated carbocycles. The molecule has 3 heteroatoms. The van der Waals surface area contributed by atoms with E-state index in [1.54, 1.807) is 7.05 Å². The van der Waals surface area contributed by atoms with Gasteiger partial charge in [-0.05, 0) is 13.5 Å². The molecule has 0 aromatic rings. The van der Waals surface area contributed by atoms with Crippen LogP contribution in [0.15, 0.2) is 0 Å². The minimum atomic E-state index is -0.315. The van der Waals surface area contributed by atoms with E-state index < -0.39 is 0 Å². The Morgan fingerprint density at radius 1 is 1.78 bits per heavy atom. The van der Waals surface area contributed by atoms with Crippen LogP contribution >= 0.6 is 0 Å². The molecule has 0 heterocycles. The number of aldehydes is 1. The highest BCUT2D eigenvalue weighted by Crippen LogP contribution is 2.25. The monoisotopic (exact) mass is 129 g/mol. The summed E-state index contributed by atoms with van der Waals surface area (Å²) in [5.74, 6) is 0.0324. The summed E-state index contributed by atoms with van der Waals surface area (Å²) in [7, 11) is 1.75. The molecule has 1 aliphatic rings. The molecule has 0 aliphatic heterocycles. The van der Waals surface area contributed by atoms with Crippen molar-refractivity contribution in [2.24, 2.45) is 5.92 Å². The van der Waals surface area contributed by atoms with Gasteiger partial charge < -0.3 is 15.2 Å². The molecule has 0 aromatic heterocycles. The van der Waals surface area contributed by atoms with Crippen molar-refractivity contribution in [2.75, 3.05) is 7.05 Å². The quantitative estimate of drug-likeness (QED) is 0.478. The number of carbonyl (C=O) groups excluding carboxylic acids is 1. The largest absolute Gasteiger partial charge is 0.391 e. The molecule has 0 aromatic carbocycles. The highest BCUT2D eigenvalue weighted by atomic mass is 16.3. The Labute approximate surface area is 54.1 Å². The molecule has 0 unspecified atom stereocenters. The molecule has 0 amide bonds. The van der Waals surface area contributed by atoms with Crippen LogP contribution in [-0.4, -0.2) is 30.6 Å². The van der Waals surface area contributed by atoms with Crippen LogP contribution in [-0.2, 0) is 4.79 Å². The van der Waals surface area contributed by atoms with Crippen LogP contribution in [0.5, 0.6) is 0 Å². The fourth-order valence-corrected chi connectivity index (χ4v) is 1.21. The van der Waals surface area contributed by atoms with Gasteiger partial charge in [0.2, 0.25) is 0 Å². The van der Waals surface area contributed by atoms with Crippen LogP contribution in [0.1, 0.15) is 6.42 Å². The molecule has 0 bridgehead atoms. The summed E-state index contributed by atoms with van der Waals surface area (Å²) in [5.41, 5.74) is 0. The summed E-state index contributed by atoms with van der Waals surface area (Å²) < 4.78 is 0. The summed E-state index contributed by atoms with van der Waals surface area (Å²) in [5, 5.41) is 11.9. The lowest BCUT2D eigenvalue weighted by Gasteiger charge is -2.37. The van der Waals surface area contributed by atoms with Gasteiger partial charge in [-0.15, -0.1) is 0 Å². The van der Waals surface area contributed by atoms with Crippen molar-refractivity contribution >= 4 is 6.29 Å². The maximum atomic E-state index is 10.2. The van der Waals surface area contributed by atoms with Crippen LogP contribution in [0.25, 0.3) is 0 Å². The second kappa shape index (κ2) is 2.45. The Morgan fingerprint density at radius 2 is 2.44 bits per heavy atom. The van der Waals surface area contributed by atoms with E-state index in [4.69, 9.17) is 5.11 Å². The predicted octanol–water partition coefficient (Wildman–Crippen LogP) is -0.846. The van der Waals surface area contributed by atoms with Gasteiger partial charge in [0, 0.05) is 12.0 Å². The normalized spacial score (nSPS) is 41.8. The fraction of sp³-hybridized carbons (Fsp3) is 0.833. The third-order valence-electron chi connectivity index (χ3n) is 1.90. The minimum absolute atomic E-state index is 0.00231. The second-order valence-corrected chi connectivity index (χ2v) is 2.42. The number of rotatable bonds is 2. The van der Waals surface area contributed by atoms with E-state index in [0.717, 1.165) is 6.29 Å². The van der Waals surface area contributed by atoms with Crippen LogP contribution < -0.4 is 5.32 Å². The topological polar surface area (TPSA) is 49.3 Å². The Hall–Kier alpha value is -0.410. The average Bonchev–Trinajstić information content (AvgIpc) is 1.83. The number of aliphatic hydroxyl groups is 1. The zero-order valence-electron chi connectivity index (χ0n) is 5.37. The summed E-state index contributed by atoms with van der Waals surface area (Å²) >= 11 is 0. The van der Waals surface area contributed by atoms with Crippen LogP contribution in [0, 0.1) is 5.92 Å². The molecule has 1 aliphatic carbocycles. The molecule has 0 saturated heterocycles. The molecule has 3 atom stereocenters. The zero-order valence-corrected chi connectivity index (χ0v) is 5.37. The number of aliphatic hydroxyl groups excluding tert-OH is 1. The summed E-state index contributed by atoms with van der Waals surface area (Å²) in [6.07, 6.45) is 1.20. The maximum Gasteiger partial charge on any atom is 0.124 e. The third-order valence-corrected chi connectivity index (χ3v) is 1.90. The van der Waals surface area contributed by atoms with E-state index in [9.17, 15) is 4.79 Å². The standard InChI is InChI=1S/C6H11NO2/c1-7-6-4(3-8)2-5(6)9/h3-7,9H,2H2,1H3/t4-,5-,6+/m1/s1. The van der Waals surface area contributed by atoms with Crippen LogP contribution in [0.3, 0.4) is 0 Å². The van der Waals surface area contributed by atoms with Gasteiger partial charge in [-0.2, -0.15) is 0 Å². The predicted molar refractivity (Wildman–Crippen MR) is 33.0 cm³/mol. The minimum Gasteiger partial charge on any atom is -0.391 e. The van der Waals surface area contributed by atoms with Crippen LogP contribution in [0.2, 0.25) is 0 Å². The Morgan fingerprint density at radius 3 is 2.67 bits per heavy atom. The van der Waals surface area contributed by atoms with Gasteiger partial charge in [0.05, 0.1) is 6.10 Å². The van der Waals surface area contributed by atoms with E-state index in [-0.39, 0.29) is 18.1 Å². The number of carbonyl (C=O) groups is 1. The van der Waals surface area contributed by atoms with E-state index in [0.29, 0.717) is 6.42 Å². The first-order valence-electron chi connectivity index (χ1n) is 3.10. The molecule has 0 radical (unpaired) electrons. The van der Waals surface area contributed by atoms with Gasteiger partial charge in [0.15, 0.2) is 0 Å². The van der Waals surface area contributed by atoms with E-state index in [2.05, 4.69) is 5.32 Å². The first kappa shape index (κ1) is 6.71. The lowest BCUT2D eigenvalue weighted by atomic mass is 9.78. The number of hydrogen-bond donors (Lipinski definition) is 2. The van der Waals surface area contributed by atoms with Gasteiger partial charge >= 0.3 is 0 Å². The summed E-state index contributed by atoms with van der Waals surface area (Å²) in [6.45, 7) is 0. The van der Waals surface area contributed by atoms with Crippen LogP contribution in [0.4, 0.5) is 0 Å². The first-order chi connectivity index (χ1) is 4.29.